The van der Waals surface area contributed by atoms with Crippen molar-refractivity contribution in [2.45, 2.75) is 75.2 Å². The summed E-state index contributed by atoms with van der Waals surface area (Å²) >= 11 is 0. The minimum atomic E-state index is -5.72. The average Bonchev–Trinajstić information content (AvgIpc) is 3.27. The van der Waals surface area contributed by atoms with E-state index in [9.17, 15) is 132 Å². The van der Waals surface area contributed by atoms with E-state index in [-0.39, 0.29) is 0 Å². The molecule has 1 aliphatic rings. The van der Waals surface area contributed by atoms with Crippen LogP contribution in [0.5, 0.6) is 0 Å². The number of halogens is 30. The molecule has 474 valence electrons. The Kier molecular flexibility index (Phi) is 37.7. The van der Waals surface area contributed by atoms with Gasteiger partial charge in [0.05, 0.1) is 59.5 Å². The first kappa shape index (κ1) is 80.3. The van der Waals surface area contributed by atoms with Crippen molar-refractivity contribution in [1.82, 2.24) is 0 Å². The van der Waals surface area contributed by atoms with Crippen LogP contribution in [0.25, 0.3) is 0 Å². The molecule has 0 aliphatic carbocycles. The molecule has 0 N–H and O–H groups in total. The Labute approximate surface area is 418 Å². The van der Waals surface area contributed by atoms with Crippen molar-refractivity contribution < 1.29 is 187 Å². The van der Waals surface area contributed by atoms with Crippen molar-refractivity contribution in [3.63, 3.8) is 0 Å². The Hall–Kier alpha value is -1.89. The smallest absolute Gasteiger partial charge is 0.304 e. The highest BCUT2D eigenvalue weighted by atomic mass is 31.3. The first-order valence-corrected chi connectivity index (χ1v) is 24.3. The van der Waals surface area contributed by atoms with Crippen LogP contribution in [0.15, 0.2) is 13.5 Å². The second-order valence-corrected chi connectivity index (χ2v) is 19.4. The predicted molar refractivity (Wildman–Crippen MR) is 200 cm³/mol. The van der Waals surface area contributed by atoms with Gasteiger partial charge in [-0.25, -0.2) is 52.7 Å². The molecule has 0 bridgehead atoms. The van der Waals surface area contributed by atoms with Gasteiger partial charge < -0.3 is 13.6 Å². The Bertz CT molecular complexity index is 1660. The summed E-state index contributed by atoms with van der Waals surface area (Å²) in [5.74, 6) is -13.4. The van der Waals surface area contributed by atoms with E-state index in [1.165, 1.54) is 0 Å². The molecule has 0 amide bonds. The molecule has 0 aromatic carbocycles. The van der Waals surface area contributed by atoms with E-state index in [0.717, 1.165) is 0 Å². The molecule has 1 heterocycles. The van der Waals surface area contributed by atoms with Crippen molar-refractivity contribution in [3.8, 4) is 0 Å². The van der Waals surface area contributed by atoms with Gasteiger partial charge in [-0.15, -0.1) is 92.6 Å². The highest BCUT2D eigenvalue weighted by Crippen LogP contribution is 2.81. The standard InChI is InChI=1S/C21H30F18N3O9P3.3C3H4F4O/c22-4-10-46-52(47-11-5-23)40-53(48-12-6-24,49-13-16(25,26)1-7-43-19(31,32)33)42-54(41-52,50-14-17(27,28)2-8-44-20(34,35)36)51-15-18(29,30)3-9-45-21(37,38)39;3*4-1-2-8-3(5,6)7/h1-15H2;3*1-2H2. The fraction of sp³-hybridized carbons (Fsp3) is 1.00. The summed E-state index contributed by atoms with van der Waals surface area (Å²) in [6.45, 7) is -26.6. The summed E-state index contributed by atoms with van der Waals surface area (Å²) < 4.78 is 428. The number of ether oxygens (including phenoxy) is 6. The van der Waals surface area contributed by atoms with Crippen molar-refractivity contribution in [2.75, 3.05) is 119 Å². The third kappa shape index (κ3) is 47.7. The largest absolute Gasteiger partial charge is 0.522 e. The van der Waals surface area contributed by atoms with E-state index >= 15 is 0 Å². The monoisotopic (exact) mass is 1300 g/mol. The number of nitrogens with zero attached hydrogens (tertiary/aromatic N) is 3. The number of rotatable bonds is 33. The molecule has 48 heteroatoms. The number of alkyl halides is 30. The molecule has 1 rings (SSSR count). The third-order valence-electron chi connectivity index (χ3n) is 6.25. The Morgan fingerprint density at radius 1 is 0.231 bits per heavy atom. The molecule has 1 unspecified atom stereocenters. The van der Waals surface area contributed by atoms with Crippen LogP contribution in [0.3, 0.4) is 0 Å². The lowest BCUT2D eigenvalue weighted by Gasteiger charge is -2.34. The maximum Gasteiger partial charge on any atom is 0.522 e. The molecule has 0 fully saturated rings. The van der Waals surface area contributed by atoms with E-state index in [1.54, 1.807) is 0 Å². The summed E-state index contributed by atoms with van der Waals surface area (Å²) in [6.07, 6.45) is -35.9. The van der Waals surface area contributed by atoms with E-state index in [2.05, 4.69) is 42.0 Å². The summed E-state index contributed by atoms with van der Waals surface area (Å²) in [5, 5.41) is 0. The maximum absolute atomic E-state index is 14.7. The zero-order valence-electron chi connectivity index (χ0n) is 38.3. The van der Waals surface area contributed by atoms with Crippen molar-refractivity contribution in [1.29, 1.82) is 0 Å². The lowest BCUT2D eigenvalue weighted by molar-refractivity contribution is -0.328. The van der Waals surface area contributed by atoms with Gasteiger partial charge in [0.1, 0.15) is 59.9 Å². The molecule has 78 heavy (non-hydrogen) atoms. The van der Waals surface area contributed by atoms with E-state index < -0.39 is 218 Å². The van der Waals surface area contributed by atoms with Gasteiger partial charge in [0.2, 0.25) is 0 Å². The lowest BCUT2D eigenvalue weighted by atomic mass is 10.3. The van der Waals surface area contributed by atoms with Crippen LogP contribution in [0, 0.1) is 0 Å². The van der Waals surface area contributed by atoms with E-state index in [0.29, 0.717) is 0 Å². The van der Waals surface area contributed by atoms with Crippen LogP contribution in [0.4, 0.5) is 132 Å². The Morgan fingerprint density at radius 3 is 0.564 bits per heavy atom. The van der Waals surface area contributed by atoms with Gasteiger partial charge in [-0.3, -0.25) is 42.0 Å². The van der Waals surface area contributed by atoms with Crippen LogP contribution < -0.4 is 0 Å². The Balaban J connectivity index is -0.00000191. The zero-order valence-corrected chi connectivity index (χ0v) is 41.0. The predicted octanol–water partition coefficient (Wildman–Crippen LogP) is 15.0. The second kappa shape index (κ2) is 36.6. The van der Waals surface area contributed by atoms with Crippen LogP contribution >= 0.6 is 23.0 Å². The first-order chi connectivity index (χ1) is 35.2. The van der Waals surface area contributed by atoms with E-state index in [4.69, 9.17) is 27.1 Å². The normalized spacial score (nSPS) is 17.3. The average molecular weight is 1300 g/mol. The van der Waals surface area contributed by atoms with Crippen LogP contribution in [0.1, 0.15) is 19.3 Å². The molecule has 0 saturated carbocycles. The fourth-order valence-electron chi connectivity index (χ4n) is 3.53. The maximum atomic E-state index is 14.7. The highest BCUT2D eigenvalue weighted by Gasteiger charge is 2.48. The molecule has 0 spiro atoms. The fourth-order valence-corrected chi connectivity index (χ4v) is 13.0. The van der Waals surface area contributed by atoms with Gasteiger partial charge in [-0.05, 0) is 0 Å². The third-order valence-corrected chi connectivity index (χ3v) is 14.6. The molecular weight excluding hydrogens is 1260 g/mol. The summed E-state index contributed by atoms with van der Waals surface area (Å²) in [7, 11) is -16.4. The summed E-state index contributed by atoms with van der Waals surface area (Å²) in [5.41, 5.74) is 0. The van der Waals surface area contributed by atoms with Gasteiger partial charge in [-0.2, -0.15) is 0 Å². The molecular formula is C30H42F30N3O12P3. The zero-order chi connectivity index (χ0) is 61.5. The Morgan fingerprint density at radius 2 is 0.397 bits per heavy atom. The van der Waals surface area contributed by atoms with Crippen molar-refractivity contribution in [2.24, 2.45) is 13.5 Å². The number of hydrogen-bond donors (Lipinski definition) is 0. The molecule has 0 saturated heterocycles. The van der Waals surface area contributed by atoms with Crippen molar-refractivity contribution in [3.05, 3.63) is 0 Å². The minimum Gasteiger partial charge on any atom is -0.304 e. The molecule has 0 aromatic rings. The van der Waals surface area contributed by atoms with Gasteiger partial charge >= 0.3 is 61.2 Å². The minimum absolute atomic E-state index is 0.913. The highest BCUT2D eigenvalue weighted by molar-refractivity contribution is 7.78. The van der Waals surface area contributed by atoms with Crippen molar-refractivity contribution >= 4 is 23.0 Å². The first-order valence-electron chi connectivity index (χ1n) is 19.7. The second-order valence-electron chi connectivity index (χ2n) is 12.8. The summed E-state index contributed by atoms with van der Waals surface area (Å²) in [4.78, 5) is 0. The lowest BCUT2D eigenvalue weighted by Crippen LogP contribution is -2.29. The molecule has 1 atom stereocenters. The van der Waals surface area contributed by atoms with Gasteiger partial charge in [0.15, 0.2) is 0 Å². The molecule has 15 nitrogen and oxygen atoms in total. The van der Waals surface area contributed by atoms with Crippen LogP contribution in [0.2, 0.25) is 0 Å². The van der Waals surface area contributed by atoms with Crippen LogP contribution in [-0.4, -0.2) is 175 Å². The van der Waals surface area contributed by atoms with E-state index in [1.807, 2.05) is 0 Å². The SMILES string of the molecule is FCCOC(F)(F)F.FCCOC(F)(F)F.FCCOC(F)(F)F.FCCOP1(OCCF)=NP(OCC(F)(F)CCOC(F)(F)F)(OCC(F)(F)CCOC(F)(F)F)=NP(OCCF)(OCC(F)(F)CCOC(F)(F)F)=N1. The molecule has 0 radical (unpaired) electrons. The summed E-state index contributed by atoms with van der Waals surface area (Å²) in [6, 6.07) is 0. The van der Waals surface area contributed by atoms with Gasteiger partial charge in [0, 0.05) is 19.3 Å². The quantitative estimate of drug-likeness (QED) is 0.0455. The number of hydrogen-bond acceptors (Lipinski definition) is 15. The topological polar surface area (TPSA) is 148 Å². The van der Waals surface area contributed by atoms with Gasteiger partial charge in [0.25, 0.3) is 17.8 Å². The molecule has 1 aliphatic heterocycles. The van der Waals surface area contributed by atoms with Gasteiger partial charge in [-0.1, -0.05) is 0 Å². The van der Waals surface area contributed by atoms with Crippen LogP contribution in [-0.2, 0) is 55.6 Å². The molecule has 0 aromatic heterocycles.